The van der Waals surface area contributed by atoms with E-state index in [2.05, 4.69) is 5.32 Å². The molecule has 5 rings (SSSR count). The van der Waals surface area contributed by atoms with Crippen molar-refractivity contribution in [2.24, 2.45) is 0 Å². The third kappa shape index (κ3) is 7.26. The lowest BCUT2D eigenvalue weighted by Crippen LogP contribution is -2.43. The summed E-state index contributed by atoms with van der Waals surface area (Å²) in [5.41, 5.74) is 2.02. The van der Waals surface area contributed by atoms with E-state index in [1.54, 1.807) is 17.0 Å². The topological polar surface area (TPSA) is 128 Å². The summed E-state index contributed by atoms with van der Waals surface area (Å²) >= 11 is 0. The van der Waals surface area contributed by atoms with Crippen molar-refractivity contribution in [2.75, 3.05) is 50.5 Å². The van der Waals surface area contributed by atoms with E-state index < -0.39 is 34.0 Å². The van der Waals surface area contributed by atoms with Crippen LogP contribution in [0.2, 0.25) is 0 Å². The minimum Gasteiger partial charge on any atom is -0.455 e. The van der Waals surface area contributed by atoms with Crippen LogP contribution in [0.1, 0.15) is 61.6 Å². The molecule has 2 aliphatic heterocycles. The molecule has 0 radical (unpaired) electrons. The summed E-state index contributed by atoms with van der Waals surface area (Å²) < 4.78 is 65.2. The first-order valence-electron chi connectivity index (χ1n) is 15.2. The van der Waals surface area contributed by atoms with E-state index in [0.29, 0.717) is 60.3 Å². The van der Waals surface area contributed by atoms with E-state index in [0.717, 1.165) is 19.1 Å². The van der Waals surface area contributed by atoms with Crippen LogP contribution in [0.25, 0.3) is 22.3 Å². The van der Waals surface area contributed by atoms with Crippen molar-refractivity contribution >= 4 is 38.7 Å². The van der Waals surface area contributed by atoms with E-state index in [1.807, 2.05) is 13.8 Å². The highest BCUT2D eigenvalue weighted by Crippen LogP contribution is 2.42. The number of unbranched alkanes of at least 4 members (excludes halogenated alkanes) is 1. The van der Waals surface area contributed by atoms with Crippen molar-refractivity contribution in [3.05, 3.63) is 53.3 Å². The third-order valence-electron chi connectivity index (χ3n) is 8.21. The van der Waals surface area contributed by atoms with E-state index in [4.69, 9.17) is 18.6 Å². The number of nitrogens with zero attached hydrogens (tertiary/aromatic N) is 2. The van der Waals surface area contributed by atoms with Crippen molar-refractivity contribution < 1.29 is 41.0 Å². The Labute approximate surface area is 262 Å². The van der Waals surface area contributed by atoms with Crippen LogP contribution in [0.4, 0.5) is 14.9 Å². The number of nitrogens with one attached hydrogen (secondary N) is 1. The Hall–Kier alpha value is -3.68. The third-order valence-corrected chi connectivity index (χ3v) is 9.36. The van der Waals surface area contributed by atoms with E-state index in [1.165, 1.54) is 35.6 Å². The van der Waals surface area contributed by atoms with Crippen LogP contribution in [0.5, 0.6) is 0 Å². The molecule has 0 spiro atoms. The molecule has 244 valence electrons. The molecule has 0 aliphatic carbocycles. The molecule has 1 saturated heterocycles. The SMILES string of the molecule is CCCCOC(=O)N1CCC(OC[C@@H]2CN(S(C)(=O)=O)c3cc4oc(-c5ccc(F)cc5)c(C(=O)NC)c4cc3[C@H](C)O2)CC1. The second-order valence-electron chi connectivity index (χ2n) is 11.5. The second kappa shape index (κ2) is 13.8. The summed E-state index contributed by atoms with van der Waals surface area (Å²) in [6, 6.07) is 8.94. The fourth-order valence-electron chi connectivity index (χ4n) is 5.78. The summed E-state index contributed by atoms with van der Waals surface area (Å²) in [4.78, 5) is 27.0. The molecule has 0 bridgehead atoms. The van der Waals surface area contributed by atoms with Crippen LogP contribution >= 0.6 is 0 Å². The number of likely N-dealkylation sites (tertiary alicyclic amines) is 1. The average Bonchev–Trinajstić information content (AvgIpc) is 3.32. The fraction of sp³-hybridized carbons (Fsp3) is 0.500. The average molecular weight is 646 g/mol. The zero-order valence-corrected chi connectivity index (χ0v) is 26.8. The Balaban J connectivity index is 1.37. The van der Waals surface area contributed by atoms with Gasteiger partial charge in [-0.05, 0) is 56.5 Å². The molecule has 3 aromatic rings. The number of sulfonamides is 1. The van der Waals surface area contributed by atoms with Crippen LogP contribution in [-0.2, 0) is 24.2 Å². The quantitative estimate of drug-likeness (QED) is 0.313. The Bertz CT molecular complexity index is 1630. The molecule has 0 saturated carbocycles. The fourth-order valence-corrected chi connectivity index (χ4v) is 6.74. The highest BCUT2D eigenvalue weighted by atomic mass is 32.2. The molecule has 1 fully saturated rings. The molecule has 45 heavy (non-hydrogen) atoms. The number of carbonyl (C=O) groups excluding carboxylic acids is 2. The van der Waals surface area contributed by atoms with Crippen molar-refractivity contribution in [1.29, 1.82) is 0 Å². The Morgan fingerprint density at radius 2 is 1.84 bits per heavy atom. The molecule has 0 unspecified atom stereocenters. The molecule has 3 heterocycles. The number of anilines is 1. The molecule has 13 heteroatoms. The number of furan rings is 1. The van der Waals surface area contributed by atoms with Crippen molar-refractivity contribution in [3.8, 4) is 11.3 Å². The van der Waals surface area contributed by atoms with E-state index in [-0.39, 0.29) is 36.7 Å². The second-order valence-corrected chi connectivity index (χ2v) is 13.4. The molecular formula is C32H40FN3O8S. The van der Waals surface area contributed by atoms with Gasteiger partial charge in [0.2, 0.25) is 10.0 Å². The summed E-state index contributed by atoms with van der Waals surface area (Å²) in [7, 11) is -2.26. The van der Waals surface area contributed by atoms with Crippen molar-refractivity contribution in [3.63, 3.8) is 0 Å². The number of ether oxygens (including phenoxy) is 3. The predicted octanol–water partition coefficient (Wildman–Crippen LogP) is 5.24. The maximum absolute atomic E-state index is 13.6. The largest absolute Gasteiger partial charge is 0.455 e. The maximum atomic E-state index is 13.6. The molecule has 1 aromatic heterocycles. The number of rotatable bonds is 9. The van der Waals surface area contributed by atoms with Gasteiger partial charge in [-0.2, -0.15) is 0 Å². The van der Waals surface area contributed by atoms with Gasteiger partial charge in [0, 0.05) is 42.7 Å². The Kier molecular flexibility index (Phi) is 10.00. The normalized spacial score (nSPS) is 19.3. The summed E-state index contributed by atoms with van der Waals surface area (Å²) in [5.74, 6) is -0.582. The van der Waals surface area contributed by atoms with Gasteiger partial charge >= 0.3 is 6.09 Å². The molecule has 2 aromatic carbocycles. The Morgan fingerprint density at radius 3 is 2.49 bits per heavy atom. The van der Waals surface area contributed by atoms with Crippen LogP contribution < -0.4 is 9.62 Å². The van der Waals surface area contributed by atoms with E-state index >= 15 is 0 Å². The van der Waals surface area contributed by atoms with Gasteiger partial charge in [-0.1, -0.05) is 13.3 Å². The number of fused-ring (bicyclic) bond motifs is 2. The molecule has 2 amide bonds. The predicted molar refractivity (Wildman–Crippen MR) is 167 cm³/mol. The lowest BCUT2D eigenvalue weighted by Gasteiger charge is -2.32. The number of piperidine rings is 1. The van der Waals surface area contributed by atoms with Crippen LogP contribution in [0.15, 0.2) is 40.8 Å². The van der Waals surface area contributed by atoms with Gasteiger partial charge < -0.3 is 28.8 Å². The van der Waals surface area contributed by atoms with Gasteiger partial charge in [0.05, 0.1) is 49.5 Å². The number of hydrogen-bond donors (Lipinski definition) is 1. The Morgan fingerprint density at radius 1 is 1.13 bits per heavy atom. The van der Waals surface area contributed by atoms with Gasteiger partial charge in [-0.15, -0.1) is 0 Å². The summed E-state index contributed by atoms with van der Waals surface area (Å²) in [6.07, 6.45) is 2.64. The van der Waals surface area contributed by atoms with Crippen molar-refractivity contribution in [2.45, 2.75) is 57.8 Å². The van der Waals surface area contributed by atoms with Gasteiger partial charge in [0.25, 0.3) is 5.91 Å². The maximum Gasteiger partial charge on any atom is 0.409 e. The lowest BCUT2D eigenvalue weighted by molar-refractivity contribution is -0.0748. The van der Waals surface area contributed by atoms with Crippen LogP contribution in [0, 0.1) is 5.82 Å². The van der Waals surface area contributed by atoms with Crippen molar-refractivity contribution in [1.82, 2.24) is 10.2 Å². The van der Waals surface area contributed by atoms with Crippen LogP contribution in [0.3, 0.4) is 0 Å². The number of hydrogen-bond acceptors (Lipinski definition) is 8. The summed E-state index contributed by atoms with van der Waals surface area (Å²) in [6.45, 7) is 5.48. The molecule has 2 atom stereocenters. The molecule has 2 aliphatic rings. The minimum absolute atomic E-state index is 0.0120. The standard InChI is InChI=1S/C32H40FN3O8S/c1-5-6-15-41-32(38)35-13-11-23(12-14-35)42-19-24-18-36(45(4,39)40)27-17-28-26(16-25(27)20(2)43-24)29(31(37)34-3)30(44-28)21-7-9-22(33)10-8-21/h7-10,16-17,20,23-24H,5-6,11-15,18-19H2,1-4H3,(H,34,37)/t20-,24-/m0/s1. The monoisotopic (exact) mass is 645 g/mol. The first kappa shape index (κ1) is 32.7. The zero-order chi connectivity index (χ0) is 32.3. The smallest absolute Gasteiger partial charge is 0.409 e. The number of halogens is 1. The van der Waals surface area contributed by atoms with Gasteiger partial charge in [-0.25, -0.2) is 17.6 Å². The van der Waals surface area contributed by atoms with Gasteiger partial charge in [0.15, 0.2) is 0 Å². The first-order valence-corrected chi connectivity index (χ1v) is 17.1. The lowest BCUT2D eigenvalue weighted by atomic mass is 10.0. The molecule has 1 N–H and O–H groups in total. The van der Waals surface area contributed by atoms with E-state index in [9.17, 15) is 22.4 Å². The number of benzene rings is 2. The van der Waals surface area contributed by atoms with Gasteiger partial charge in [-0.3, -0.25) is 9.10 Å². The molecular weight excluding hydrogens is 605 g/mol. The summed E-state index contributed by atoms with van der Waals surface area (Å²) in [5, 5.41) is 3.11. The first-order chi connectivity index (χ1) is 21.5. The minimum atomic E-state index is -3.76. The molecule has 11 nitrogen and oxygen atoms in total. The number of amides is 2. The highest BCUT2D eigenvalue weighted by Gasteiger charge is 2.35. The number of carbonyl (C=O) groups is 2. The highest BCUT2D eigenvalue weighted by molar-refractivity contribution is 7.92. The zero-order valence-electron chi connectivity index (χ0n) is 26.0. The van der Waals surface area contributed by atoms with Crippen LogP contribution in [-0.4, -0.2) is 83.7 Å². The van der Waals surface area contributed by atoms with Gasteiger partial charge in [0.1, 0.15) is 23.3 Å².